The molecule has 0 bridgehead atoms. The van der Waals surface area contributed by atoms with Crippen LogP contribution in [0.25, 0.3) is 0 Å². The molecule has 2 aliphatic rings. The van der Waals surface area contributed by atoms with Crippen molar-refractivity contribution in [1.29, 1.82) is 0 Å². The fraction of sp³-hybridized carbons (Fsp3) is 1.00. The van der Waals surface area contributed by atoms with E-state index in [1.807, 2.05) is 0 Å². The number of nitrogens with zero attached hydrogens (tertiary/aromatic N) is 2. The molecule has 1 N–H and O–H groups in total. The van der Waals surface area contributed by atoms with Crippen LogP contribution < -0.4 is 5.32 Å². The van der Waals surface area contributed by atoms with Gasteiger partial charge in [0.15, 0.2) is 0 Å². The number of rotatable bonds is 4. The van der Waals surface area contributed by atoms with Gasteiger partial charge in [0.1, 0.15) is 0 Å². The largest absolute Gasteiger partial charge is 0.314 e. The molecule has 2 fully saturated rings. The number of nitrogens with one attached hydrogen (secondary N) is 1. The normalized spacial score (nSPS) is 32.3. The van der Waals surface area contributed by atoms with E-state index in [9.17, 15) is 0 Å². The van der Waals surface area contributed by atoms with Crippen molar-refractivity contribution in [2.24, 2.45) is 0 Å². The molecule has 2 atom stereocenters. The monoisotopic (exact) mass is 253 g/mol. The quantitative estimate of drug-likeness (QED) is 0.826. The lowest BCUT2D eigenvalue weighted by atomic mass is 10.0. The SMILES string of the molecule is CCC1CN(C)CCCN1CCC1CCCCN1. The third-order valence-corrected chi connectivity index (χ3v) is 4.67. The van der Waals surface area contributed by atoms with Crippen LogP contribution >= 0.6 is 0 Å². The highest BCUT2D eigenvalue weighted by molar-refractivity contribution is 4.80. The van der Waals surface area contributed by atoms with Crippen LogP contribution in [0.2, 0.25) is 0 Å². The highest BCUT2D eigenvalue weighted by atomic mass is 15.2. The van der Waals surface area contributed by atoms with Gasteiger partial charge in [0, 0.05) is 18.6 Å². The second-order valence-corrected chi connectivity index (χ2v) is 6.15. The van der Waals surface area contributed by atoms with Gasteiger partial charge in [-0.3, -0.25) is 4.90 Å². The molecule has 18 heavy (non-hydrogen) atoms. The molecule has 0 amide bonds. The first kappa shape index (κ1) is 14.3. The summed E-state index contributed by atoms with van der Waals surface area (Å²) in [7, 11) is 2.27. The Balaban J connectivity index is 1.78. The fourth-order valence-corrected chi connectivity index (χ4v) is 3.47. The number of likely N-dealkylation sites (N-methyl/N-ethyl adjacent to an activating group) is 1. The summed E-state index contributed by atoms with van der Waals surface area (Å²) < 4.78 is 0. The van der Waals surface area contributed by atoms with Crippen molar-refractivity contribution in [3.63, 3.8) is 0 Å². The summed E-state index contributed by atoms with van der Waals surface area (Å²) in [6.07, 6.45) is 8.18. The van der Waals surface area contributed by atoms with Crippen molar-refractivity contribution in [2.45, 2.75) is 57.5 Å². The maximum absolute atomic E-state index is 3.68. The lowest BCUT2D eigenvalue weighted by Gasteiger charge is -2.32. The first-order valence-electron chi connectivity index (χ1n) is 7.95. The number of hydrogen-bond acceptors (Lipinski definition) is 3. The van der Waals surface area contributed by atoms with Gasteiger partial charge in [0.05, 0.1) is 0 Å². The standard InChI is InChI=1S/C15H31N3/c1-3-15-13-17(2)10-6-11-18(15)12-8-14-7-4-5-9-16-14/h14-16H,3-13H2,1-2H3. The summed E-state index contributed by atoms with van der Waals surface area (Å²) in [5, 5.41) is 3.68. The zero-order valence-electron chi connectivity index (χ0n) is 12.3. The molecule has 0 spiro atoms. The Hall–Kier alpha value is -0.120. The van der Waals surface area contributed by atoms with Gasteiger partial charge in [0.25, 0.3) is 0 Å². The van der Waals surface area contributed by atoms with Gasteiger partial charge in [-0.15, -0.1) is 0 Å². The van der Waals surface area contributed by atoms with Gasteiger partial charge < -0.3 is 10.2 Å². The molecule has 2 heterocycles. The van der Waals surface area contributed by atoms with Gasteiger partial charge in [-0.2, -0.15) is 0 Å². The first-order valence-corrected chi connectivity index (χ1v) is 7.95. The van der Waals surface area contributed by atoms with E-state index in [2.05, 4.69) is 29.1 Å². The summed E-state index contributed by atoms with van der Waals surface area (Å²) in [6, 6.07) is 1.57. The van der Waals surface area contributed by atoms with Crippen LogP contribution in [0.5, 0.6) is 0 Å². The summed E-state index contributed by atoms with van der Waals surface area (Å²) in [6.45, 7) is 8.71. The molecule has 2 saturated heterocycles. The predicted molar refractivity (Wildman–Crippen MR) is 78.0 cm³/mol. The molecule has 3 nitrogen and oxygen atoms in total. The van der Waals surface area contributed by atoms with Crippen molar-refractivity contribution in [3.8, 4) is 0 Å². The summed E-state index contributed by atoms with van der Waals surface area (Å²) >= 11 is 0. The third kappa shape index (κ3) is 4.22. The second kappa shape index (κ2) is 7.46. The average Bonchev–Trinajstić information content (AvgIpc) is 2.59. The van der Waals surface area contributed by atoms with E-state index in [-0.39, 0.29) is 0 Å². The van der Waals surface area contributed by atoms with Crippen LogP contribution in [-0.2, 0) is 0 Å². The molecule has 0 aliphatic carbocycles. The number of piperidine rings is 1. The van der Waals surface area contributed by atoms with Crippen LogP contribution in [0.3, 0.4) is 0 Å². The molecule has 2 aliphatic heterocycles. The Labute approximate surface area is 113 Å². The van der Waals surface area contributed by atoms with E-state index in [0.717, 1.165) is 12.1 Å². The fourth-order valence-electron chi connectivity index (χ4n) is 3.47. The zero-order chi connectivity index (χ0) is 12.8. The van der Waals surface area contributed by atoms with Gasteiger partial charge in [0.2, 0.25) is 0 Å². The average molecular weight is 253 g/mol. The summed E-state index contributed by atoms with van der Waals surface area (Å²) in [5.41, 5.74) is 0. The molecule has 0 aromatic heterocycles. The van der Waals surface area contributed by atoms with Crippen molar-refractivity contribution in [2.75, 3.05) is 39.8 Å². The number of hydrogen-bond donors (Lipinski definition) is 1. The molecule has 0 radical (unpaired) electrons. The van der Waals surface area contributed by atoms with Crippen LogP contribution in [0, 0.1) is 0 Å². The Morgan fingerprint density at radius 2 is 2.06 bits per heavy atom. The van der Waals surface area contributed by atoms with Gasteiger partial charge in [-0.1, -0.05) is 13.3 Å². The van der Waals surface area contributed by atoms with E-state index in [4.69, 9.17) is 0 Å². The molecule has 106 valence electrons. The molecule has 2 rings (SSSR count). The molecule has 3 heteroatoms. The van der Waals surface area contributed by atoms with Crippen LogP contribution in [0.15, 0.2) is 0 Å². The predicted octanol–water partition coefficient (Wildman–Crippen LogP) is 1.93. The van der Waals surface area contributed by atoms with E-state index < -0.39 is 0 Å². The maximum atomic E-state index is 3.68. The van der Waals surface area contributed by atoms with E-state index >= 15 is 0 Å². The topological polar surface area (TPSA) is 18.5 Å². The Kier molecular flexibility index (Phi) is 5.93. The highest BCUT2D eigenvalue weighted by Crippen LogP contribution is 2.15. The zero-order valence-corrected chi connectivity index (χ0v) is 12.3. The Bertz CT molecular complexity index is 226. The Morgan fingerprint density at radius 1 is 1.17 bits per heavy atom. The molecular formula is C15H31N3. The smallest absolute Gasteiger partial charge is 0.0220 e. The summed E-state index contributed by atoms with van der Waals surface area (Å²) in [4.78, 5) is 5.26. The van der Waals surface area contributed by atoms with Crippen molar-refractivity contribution in [3.05, 3.63) is 0 Å². The Morgan fingerprint density at radius 3 is 2.78 bits per heavy atom. The lowest BCUT2D eigenvalue weighted by molar-refractivity contribution is 0.172. The van der Waals surface area contributed by atoms with Crippen molar-refractivity contribution < 1.29 is 0 Å². The van der Waals surface area contributed by atoms with E-state index in [0.29, 0.717) is 0 Å². The molecular weight excluding hydrogens is 222 g/mol. The molecule has 0 saturated carbocycles. The molecule has 0 aromatic rings. The van der Waals surface area contributed by atoms with Crippen molar-refractivity contribution in [1.82, 2.24) is 15.1 Å². The summed E-state index contributed by atoms with van der Waals surface area (Å²) in [5.74, 6) is 0. The maximum Gasteiger partial charge on any atom is 0.0220 e. The van der Waals surface area contributed by atoms with Gasteiger partial charge in [-0.25, -0.2) is 0 Å². The molecule has 2 unspecified atom stereocenters. The van der Waals surface area contributed by atoms with E-state index in [1.165, 1.54) is 71.2 Å². The molecule has 0 aromatic carbocycles. The minimum atomic E-state index is 0.779. The van der Waals surface area contributed by atoms with Crippen LogP contribution in [0.1, 0.15) is 45.4 Å². The minimum absolute atomic E-state index is 0.779. The van der Waals surface area contributed by atoms with Gasteiger partial charge in [-0.05, 0) is 65.3 Å². The van der Waals surface area contributed by atoms with Crippen LogP contribution in [0.4, 0.5) is 0 Å². The highest BCUT2D eigenvalue weighted by Gasteiger charge is 2.22. The van der Waals surface area contributed by atoms with Crippen molar-refractivity contribution >= 4 is 0 Å². The minimum Gasteiger partial charge on any atom is -0.314 e. The second-order valence-electron chi connectivity index (χ2n) is 6.15. The first-order chi connectivity index (χ1) is 8.79. The van der Waals surface area contributed by atoms with Crippen LogP contribution in [-0.4, -0.2) is 61.7 Å². The third-order valence-electron chi connectivity index (χ3n) is 4.67. The lowest BCUT2D eigenvalue weighted by Crippen LogP contribution is -2.43. The van der Waals surface area contributed by atoms with E-state index in [1.54, 1.807) is 0 Å². The van der Waals surface area contributed by atoms with Gasteiger partial charge >= 0.3 is 0 Å².